The van der Waals surface area contributed by atoms with Gasteiger partial charge < -0.3 is 10.6 Å². The highest BCUT2D eigenvalue weighted by molar-refractivity contribution is 7.12. The van der Waals surface area contributed by atoms with E-state index in [2.05, 4.69) is 4.90 Å². The largest absolute Gasteiger partial charge is 0.336 e. The number of hydrogen-bond acceptors (Lipinski definition) is 4. The fraction of sp³-hybridized carbons (Fsp3) is 0.667. The third-order valence-electron chi connectivity index (χ3n) is 4.60. The van der Waals surface area contributed by atoms with Gasteiger partial charge in [0.15, 0.2) is 0 Å². The Labute approximate surface area is 124 Å². The number of amides is 1. The highest BCUT2D eigenvalue weighted by Gasteiger charge is 2.32. The molecule has 20 heavy (non-hydrogen) atoms. The number of carbonyl (C=O) groups is 1. The molecule has 1 amide bonds. The Balaban J connectivity index is 1.59. The van der Waals surface area contributed by atoms with Crippen molar-refractivity contribution in [3.05, 3.63) is 21.9 Å². The van der Waals surface area contributed by atoms with Gasteiger partial charge in [-0.15, -0.1) is 11.3 Å². The summed E-state index contributed by atoms with van der Waals surface area (Å²) in [5.74, 6) is 0.216. The molecule has 110 valence electrons. The van der Waals surface area contributed by atoms with Crippen LogP contribution in [0.3, 0.4) is 0 Å². The van der Waals surface area contributed by atoms with Crippen LogP contribution in [0.1, 0.15) is 34.5 Å². The van der Waals surface area contributed by atoms with Gasteiger partial charge in [-0.25, -0.2) is 0 Å². The SMILES string of the molecule is Cc1ccsc1C(=O)N1CCC(N2CCC(N)CC2)C1. The summed E-state index contributed by atoms with van der Waals surface area (Å²) in [4.78, 5) is 18.0. The monoisotopic (exact) mass is 293 g/mol. The maximum Gasteiger partial charge on any atom is 0.264 e. The number of carbonyl (C=O) groups excluding carboxylic acids is 1. The zero-order chi connectivity index (χ0) is 14.1. The first-order valence-corrected chi connectivity index (χ1v) is 8.36. The Morgan fingerprint density at radius 2 is 2.05 bits per heavy atom. The molecule has 2 aliphatic heterocycles. The summed E-state index contributed by atoms with van der Waals surface area (Å²) in [5.41, 5.74) is 7.07. The van der Waals surface area contributed by atoms with Crippen molar-refractivity contribution in [2.75, 3.05) is 26.2 Å². The molecular formula is C15H23N3OS. The molecule has 0 bridgehead atoms. The van der Waals surface area contributed by atoms with E-state index in [1.54, 1.807) is 11.3 Å². The van der Waals surface area contributed by atoms with Crippen molar-refractivity contribution in [3.8, 4) is 0 Å². The van der Waals surface area contributed by atoms with Gasteiger partial charge in [-0.05, 0) is 56.3 Å². The average Bonchev–Trinajstić information content (AvgIpc) is 3.08. The topological polar surface area (TPSA) is 49.6 Å². The van der Waals surface area contributed by atoms with E-state index < -0.39 is 0 Å². The normalized spacial score (nSPS) is 25.3. The van der Waals surface area contributed by atoms with Crippen molar-refractivity contribution in [2.45, 2.75) is 38.3 Å². The molecule has 0 radical (unpaired) electrons. The van der Waals surface area contributed by atoms with Gasteiger partial charge in [0.25, 0.3) is 5.91 Å². The minimum absolute atomic E-state index is 0.216. The minimum Gasteiger partial charge on any atom is -0.336 e. The zero-order valence-electron chi connectivity index (χ0n) is 12.0. The lowest BCUT2D eigenvalue weighted by atomic mass is 10.0. The van der Waals surface area contributed by atoms with Crippen molar-refractivity contribution in [1.29, 1.82) is 0 Å². The summed E-state index contributed by atoms with van der Waals surface area (Å²) >= 11 is 1.56. The highest BCUT2D eigenvalue weighted by atomic mass is 32.1. The molecule has 1 atom stereocenters. The Hall–Kier alpha value is -0.910. The first-order chi connectivity index (χ1) is 9.65. The van der Waals surface area contributed by atoms with Crippen LogP contribution in [0.5, 0.6) is 0 Å². The van der Waals surface area contributed by atoms with Gasteiger partial charge in [0.2, 0.25) is 0 Å². The van der Waals surface area contributed by atoms with E-state index in [1.807, 2.05) is 23.3 Å². The Bertz CT molecular complexity index is 479. The molecule has 1 aromatic rings. The summed E-state index contributed by atoms with van der Waals surface area (Å²) in [7, 11) is 0. The quantitative estimate of drug-likeness (QED) is 0.903. The standard InChI is InChI=1S/C15H23N3OS/c1-11-5-9-20-14(11)15(19)18-8-4-13(10-18)17-6-2-12(16)3-7-17/h5,9,12-13H,2-4,6-8,10,16H2,1H3. The number of piperidine rings is 1. The molecule has 3 rings (SSSR count). The van der Waals surface area contributed by atoms with Gasteiger partial charge >= 0.3 is 0 Å². The molecule has 3 heterocycles. The van der Waals surface area contributed by atoms with Crippen LogP contribution in [0.15, 0.2) is 11.4 Å². The third-order valence-corrected chi connectivity index (χ3v) is 5.60. The van der Waals surface area contributed by atoms with Gasteiger partial charge in [0.05, 0.1) is 4.88 Å². The van der Waals surface area contributed by atoms with Gasteiger partial charge in [-0.2, -0.15) is 0 Å². The summed E-state index contributed by atoms with van der Waals surface area (Å²) in [5, 5.41) is 2.00. The summed E-state index contributed by atoms with van der Waals surface area (Å²) in [6.45, 7) is 5.97. The Morgan fingerprint density at radius 3 is 2.70 bits per heavy atom. The van der Waals surface area contributed by atoms with E-state index in [9.17, 15) is 4.79 Å². The number of rotatable bonds is 2. The number of thiophene rings is 1. The second kappa shape index (κ2) is 5.84. The van der Waals surface area contributed by atoms with Crippen molar-refractivity contribution in [1.82, 2.24) is 9.80 Å². The van der Waals surface area contributed by atoms with Gasteiger partial charge in [-0.1, -0.05) is 0 Å². The summed E-state index contributed by atoms with van der Waals surface area (Å²) in [6.07, 6.45) is 3.29. The van der Waals surface area contributed by atoms with E-state index in [0.717, 1.165) is 55.9 Å². The van der Waals surface area contributed by atoms with Crippen LogP contribution in [-0.4, -0.2) is 54.0 Å². The van der Waals surface area contributed by atoms with E-state index in [1.165, 1.54) is 0 Å². The number of nitrogens with two attached hydrogens (primary N) is 1. The molecule has 0 aliphatic carbocycles. The van der Waals surface area contributed by atoms with E-state index in [-0.39, 0.29) is 5.91 Å². The van der Waals surface area contributed by atoms with Crippen LogP contribution in [0.2, 0.25) is 0 Å². The minimum atomic E-state index is 0.216. The number of aryl methyl sites for hydroxylation is 1. The molecule has 2 fully saturated rings. The lowest BCUT2D eigenvalue weighted by molar-refractivity contribution is 0.0773. The van der Waals surface area contributed by atoms with Crippen LogP contribution < -0.4 is 5.73 Å². The summed E-state index contributed by atoms with van der Waals surface area (Å²) in [6, 6.07) is 2.93. The molecule has 1 aromatic heterocycles. The van der Waals surface area contributed by atoms with Crippen LogP contribution in [-0.2, 0) is 0 Å². The van der Waals surface area contributed by atoms with Crippen LogP contribution >= 0.6 is 11.3 Å². The smallest absolute Gasteiger partial charge is 0.264 e. The average molecular weight is 293 g/mol. The van der Waals surface area contributed by atoms with E-state index in [0.29, 0.717) is 12.1 Å². The van der Waals surface area contributed by atoms with Gasteiger partial charge in [-0.3, -0.25) is 9.69 Å². The molecular weight excluding hydrogens is 270 g/mol. The number of hydrogen-bond donors (Lipinski definition) is 1. The lowest BCUT2D eigenvalue weighted by Gasteiger charge is -2.34. The molecule has 2 saturated heterocycles. The second-order valence-electron chi connectivity index (χ2n) is 6.00. The maximum atomic E-state index is 12.5. The molecule has 0 spiro atoms. The maximum absolute atomic E-state index is 12.5. The zero-order valence-corrected chi connectivity index (χ0v) is 12.9. The molecule has 2 aliphatic rings. The lowest BCUT2D eigenvalue weighted by Crippen LogP contribution is -2.46. The predicted octanol–water partition coefficient (Wildman–Crippen LogP) is 1.69. The van der Waals surface area contributed by atoms with Crippen LogP contribution in [0.25, 0.3) is 0 Å². The van der Waals surface area contributed by atoms with Crippen LogP contribution in [0, 0.1) is 6.92 Å². The molecule has 2 N–H and O–H groups in total. The number of nitrogens with zero attached hydrogens (tertiary/aromatic N) is 2. The van der Waals surface area contributed by atoms with E-state index >= 15 is 0 Å². The third kappa shape index (κ3) is 2.75. The van der Waals surface area contributed by atoms with Crippen molar-refractivity contribution in [2.24, 2.45) is 5.73 Å². The fourth-order valence-electron chi connectivity index (χ4n) is 3.24. The Kier molecular flexibility index (Phi) is 4.10. The molecule has 4 nitrogen and oxygen atoms in total. The summed E-state index contributed by atoms with van der Waals surface area (Å²) < 4.78 is 0. The van der Waals surface area contributed by atoms with Crippen molar-refractivity contribution < 1.29 is 4.79 Å². The van der Waals surface area contributed by atoms with Crippen LogP contribution in [0.4, 0.5) is 0 Å². The van der Waals surface area contributed by atoms with Crippen molar-refractivity contribution in [3.63, 3.8) is 0 Å². The predicted molar refractivity (Wildman–Crippen MR) is 82.1 cm³/mol. The molecule has 1 unspecified atom stereocenters. The molecule has 0 aromatic carbocycles. The Morgan fingerprint density at radius 1 is 1.30 bits per heavy atom. The first kappa shape index (κ1) is 14.0. The fourth-order valence-corrected chi connectivity index (χ4v) is 4.14. The molecule has 5 heteroatoms. The number of likely N-dealkylation sites (tertiary alicyclic amines) is 2. The highest BCUT2D eigenvalue weighted by Crippen LogP contribution is 2.24. The molecule has 0 saturated carbocycles. The second-order valence-corrected chi connectivity index (χ2v) is 6.92. The van der Waals surface area contributed by atoms with E-state index in [4.69, 9.17) is 5.73 Å². The van der Waals surface area contributed by atoms with Gasteiger partial charge in [0.1, 0.15) is 0 Å². The van der Waals surface area contributed by atoms with Gasteiger partial charge in [0, 0.05) is 25.2 Å². The van der Waals surface area contributed by atoms with Crippen molar-refractivity contribution >= 4 is 17.2 Å². The first-order valence-electron chi connectivity index (χ1n) is 7.48.